The van der Waals surface area contributed by atoms with Crippen molar-refractivity contribution in [3.8, 4) is 16.2 Å². The maximum atomic E-state index is 13.3. The quantitative estimate of drug-likeness (QED) is 0.687. The number of H-pyrrole nitrogens is 1. The number of hydrogen-bond acceptors (Lipinski definition) is 5. The van der Waals surface area contributed by atoms with Crippen molar-refractivity contribution in [1.82, 2.24) is 15.1 Å². The van der Waals surface area contributed by atoms with E-state index in [0.29, 0.717) is 24.2 Å². The van der Waals surface area contributed by atoms with Crippen molar-refractivity contribution in [1.29, 1.82) is 0 Å². The first-order valence-electron chi connectivity index (χ1n) is 9.85. The SMILES string of the molecule is COc1ccccc1C1(O)CC2CCC(C1)N2C(=O)c1csc(-c2cn[nH]c2)c1. The van der Waals surface area contributed by atoms with Crippen molar-refractivity contribution in [2.45, 2.75) is 43.4 Å². The fraction of sp³-hybridized carbons (Fsp3) is 0.364. The molecule has 29 heavy (non-hydrogen) atoms. The summed E-state index contributed by atoms with van der Waals surface area (Å²) in [6, 6.07) is 9.67. The molecule has 0 saturated carbocycles. The van der Waals surface area contributed by atoms with Gasteiger partial charge in [0.15, 0.2) is 0 Å². The summed E-state index contributed by atoms with van der Waals surface area (Å²) >= 11 is 1.55. The van der Waals surface area contributed by atoms with Crippen LogP contribution in [0.2, 0.25) is 0 Å². The topological polar surface area (TPSA) is 78.5 Å². The number of aromatic nitrogens is 2. The number of nitrogens with one attached hydrogen (secondary N) is 1. The molecule has 7 heteroatoms. The molecule has 2 fully saturated rings. The highest BCUT2D eigenvalue weighted by atomic mass is 32.1. The fourth-order valence-electron chi connectivity index (χ4n) is 4.94. The molecule has 1 aromatic carbocycles. The number of hydrogen-bond donors (Lipinski definition) is 2. The van der Waals surface area contributed by atoms with E-state index in [1.807, 2.05) is 46.8 Å². The standard InChI is InChI=1S/C22H23N3O3S/c1-28-19-5-3-2-4-18(19)22(27)9-16-6-7-17(10-22)25(16)21(26)14-8-20(29-13-14)15-11-23-24-12-15/h2-5,8,11-13,16-17,27H,6-7,9-10H2,1H3,(H,23,24). The Kier molecular flexibility index (Phi) is 4.44. The number of carbonyl (C=O) groups is 1. The highest BCUT2D eigenvalue weighted by molar-refractivity contribution is 7.13. The van der Waals surface area contributed by atoms with Gasteiger partial charge in [0.1, 0.15) is 5.75 Å². The number of thiophene rings is 1. The van der Waals surface area contributed by atoms with Gasteiger partial charge in [-0.3, -0.25) is 9.89 Å². The van der Waals surface area contributed by atoms with Crippen LogP contribution in [0.4, 0.5) is 0 Å². The molecule has 0 aliphatic carbocycles. The molecule has 2 unspecified atom stereocenters. The summed E-state index contributed by atoms with van der Waals surface area (Å²) in [5, 5.41) is 20.2. The van der Waals surface area contributed by atoms with E-state index in [9.17, 15) is 9.90 Å². The molecule has 0 radical (unpaired) electrons. The Hall–Kier alpha value is -2.64. The third-order valence-corrected chi connectivity index (χ3v) is 7.22. The van der Waals surface area contributed by atoms with Crippen LogP contribution in [-0.2, 0) is 5.60 Å². The van der Waals surface area contributed by atoms with Gasteiger partial charge in [-0.15, -0.1) is 11.3 Å². The second-order valence-corrected chi connectivity index (χ2v) is 8.84. The van der Waals surface area contributed by atoms with E-state index in [1.165, 1.54) is 0 Å². The lowest BCUT2D eigenvalue weighted by molar-refractivity contribution is -0.0491. The van der Waals surface area contributed by atoms with Crippen molar-refractivity contribution < 1.29 is 14.6 Å². The van der Waals surface area contributed by atoms with Gasteiger partial charge in [-0.05, 0) is 25.0 Å². The number of para-hydroxylation sites is 1. The number of rotatable bonds is 4. The largest absolute Gasteiger partial charge is 0.496 e. The zero-order valence-corrected chi connectivity index (χ0v) is 17.0. The second-order valence-electron chi connectivity index (χ2n) is 7.92. The lowest BCUT2D eigenvalue weighted by Gasteiger charge is -2.44. The van der Waals surface area contributed by atoms with Gasteiger partial charge in [0.05, 0.1) is 24.5 Å². The van der Waals surface area contributed by atoms with Gasteiger partial charge in [0, 0.05) is 52.5 Å². The predicted octanol–water partition coefficient (Wildman–Crippen LogP) is 3.80. The second kappa shape index (κ2) is 7.00. The van der Waals surface area contributed by atoms with Gasteiger partial charge in [0.2, 0.25) is 0 Å². The van der Waals surface area contributed by atoms with Gasteiger partial charge in [-0.1, -0.05) is 18.2 Å². The minimum absolute atomic E-state index is 0.0356. The Morgan fingerprint density at radius 3 is 2.76 bits per heavy atom. The highest BCUT2D eigenvalue weighted by Gasteiger charge is 2.51. The first kappa shape index (κ1) is 18.4. The van der Waals surface area contributed by atoms with E-state index in [1.54, 1.807) is 24.6 Å². The monoisotopic (exact) mass is 409 g/mol. The van der Waals surface area contributed by atoms with Crippen LogP contribution < -0.4 is 4.74 Å². The van der Waals surface area contributed by atoms with Crippen LogP contribution in [0.15, 0.2) is 48.1 Å². The van der Waals surface area contributed by atoms with Crippen molar-refractivity contribution >= 4 is 17.2 Å². The first-order valence-corrected chi connectivity index (χ1v) is 10.7. The van der Waals surface area contributed by atoms with Crippen LogP contribution in [-0.4, -0.2) is 45.3 Å². The molecular weight excluding hydrogens is 386 g/mol. The van der Waals surface area contributed by atoms with Crippen LogP contribution in [0.3, 0.4) is 0 Å². The number of benzene rings is 1. The van der Waals surface area contributed by atoms with E-state index >= 15 is 0 Å². The summed E-state index contributed by atoms with van der Waals surface area (Å²) in [5.41, 5.74) is 1.56. The maximum Gasteiger partial charge on any atom is 0.255 e. The van der Waals surface area contributed by atoms with Crippen LogP contribution in [0, 0.1) is 0 Å². The van der Waals surface area contributed by atoms with E-state index in [-0.39, 0.29) is 18.0 Å². The summed E-state index contributed by atoms with van der Waals surface area (Å²) in [4.78, 5) is 16.3. The summed E-state index contributed by atoms with van der Waals surface area (Å²) in [7, 11) is 1.63. The van der Waals surface area contributed by atoms with Crippen molar-refractivity contribution in [3.05, 3.63) is 59.2 Å². The third-order valence-electron chi connectivity index (χ3n) is 6.24. The minimum Gasteiger partial charge on any atom is -0.496 e. The molecule has 2 saturated heterocycles. The van der Waals surface area contributed by atoms with Gasteiger partial charge >= 0.3 is 0 Å². The molecule has 150 valence electrons. The number of ether oxygens (including phenoxy) is 1. The van der Waals surface area contributed by atoms with Crippen LogP contribution in [0.25, 0.3) is 10.4 Å². The van der Waals surface area contributed by atoms with E-state index < -0.39 is 5.60 Å². The molecule has 2 aromatic heterocycles. The summed E-state index contributed by atoms with van der Waals surface area (Å²) in [6.07, 6.45) is 6.51. The molecule has 1 amide bonds. The first-order chi connectivity index (χ1) is 14.1. The van der Waals surface area contributed by atoms with Crippen molar-refractivity contribution in [2.24, 2.45) is 0 Å². The fourth-order valence-corrected chi connectivity index (χ4v) is 5.81. The molecule has 0 spiro atoms. The number of carbonyl (C=O) groups excluding carboxylic acids is 1. The normalized spacial score (nSPS) is 25.9. The number of piperidine rings is 1. The minimum atomic E-state index is -0.966. The molecule has 2 bridgehead atoms. The highest BCUT2D eigenvalue weighted by Crippen LogP contribution is 2.48. The number of amides is 1. The molecule has 6 nitrogen and oxygen atoms in total. The Bertz CT molecular complexity index is 1020. The van der Waals surface area contributed by atoms with Gasteiger partial charge in [-0.2, -0.15) is 5.10 Å². The lowest BCUT2D eigenvalue weighted by atomic mass is 9.80. The van der Waals surface area contributed by atoms with Gasteiger partial charge < -0.3 is 14.7 Å². The van der Waals surface area contributed by atoms with Crippen LogP contribution in [0.1, 0.15) is 41.6 Å². The van der Waals surface area contributed by atoms with E-state index in [4.69, 9.17) is 4.74 Å². The number of nitrogens with zero attached hydrogens (tertiary/aromatic N) is 2. The molecule has 2 aliphatic heterocycles. The van der Waals surface area contributed by atoms with Crippen molar-refractivity contribution in [2.75, 3.05) is 7.11 Å². The zero-order chi connectivity index (χ0) is 20.0. The molecular formula is C22H23N3O3S. The van der Waals surface area contributed by atoms with E-state index in [0.717, 1.165) is 28.8 Å². The number of aromatic amines is 1. The van der Waals surface area contributed by atoms with Gasteiger partial charge in [-0.25, -0.2) is 0 Å². The number of methoxy groups -OCH3 is 1. The number of aliphatic hydroxyl groups is 1. The summed E-state index contributed by atoms with van der Waals surface area (Å²) < 4.78 is 5.49. The predicted molar refractivity (Wildman–Crippen MR) is 111 cm³/mol. The molecule has 2 atom stereocenters. The van der Waals surface area contributed by atoms with Gasteiger partial charge in [0.25, 0.3) is 5.91 Å². The van der Waals surface area contributed by atoms with Crippen LogP contribution in [0.5, 0.6) is 5.75 Å². The Balaban J connectivity index is 1.40. The van der Waals surface area contributed by atoms with Crippen LogP contribution >= 0.6 is 11.3 Å². The maximum absolute atomic E-state index is 13.3. The average Bonchev–Trinajstić information content (AvgIpc) is 3.47. The molecule has 5 rings (SSSR count). The average molecular weight is 410 g/mol. The Morgan fingerprint density at radius 2 is 2.07 bits per heavy atom. The van der Waals surface area contributed by atoms with Crippen molar-refractivity contribution in [3.63, 3.8) is 0 Å². The zero-order valence-electron chi connectivity index (χ0n) is 16.2. The molecule has 4 heterocycles. The number of fused-ring (bicyclic) bond motifs is 2. The Labute approximate surface area is 173 Å². The molecule has 3 aromatic rings. The smallest absolute Gasteiger partial charge is 0.255 e. The summed E-state index contributed by atoms with van der Waals surface area (Å²) in [6.45, 7) is 0. The summed E-state index contributed by atoms with van der Waals surface area (Å²) in [5.74, 6) is 0.766. The molecule has 2 aliphatic rings. The lowest BCUT2D eigenvalue weighted by Crippen LogP contribution is -2.52. The van der Waals surface area contributed by atoms with E-state index in [2.05, 4.69) is 10.2 Å². The third kappa shape index (κ3) is 3.05. The molecule has 2 N–H and O–H groups in total. The Morgan fingerprint density at radius 1 is 1.31 bits per heavy atom.